The lowest BCUT2D eigenvalue weighted by molar-refractivity contribution is -0.389. The molecule has 94 valence electrons. The third kappa shape index (κ3) is 3.99. The van der Waals surface area contributed by atoms with Crippen molar-refractivity contribution in [3.8, 4) is 0 Å². The van der Waals surface area contributed by atoms with Crippen LogP contribution in [0, 0.1) is 10.1 Å². The normalized spacial score (nSPS) is 11.3. The summed E-state index contributed by atoms with van der Waals surface area (Å²) in [7, 11) is 0. The molecule has 0 amide bonds. The van der Waals surface area contributed by atoms with Gasteiger partial charge in [0, 0.05) is 19.2 Å². The molecule has 1 aromatic rings. The van der Waals surface area contributed by atoms with Crippen LogP contribution < -0.4 is 4.90 Å². The van der Waals surface area contributed by atoms with Gasteiger partial charge in [-0.25, -0.2) is 0 Å². The van der Waals surface area contributed by atoms with Crippen LogP contribution in [-0.4, -0.2) is 33.7 Å². The van der Waals surface area contributed by atoms with Crippen molar-refractivity contribution in [2.24, 2.45) is 0 Å². The minimum Gasteiger partial charge on any atom is -0.389 e. The van der Waals surface area contributed by atoms with Crippen LogP contribution in [0.4, 0.5) is 11.5 Å². The summed E-state index contributed by atoms with van der Waals surface area (Å²) >= 11 is 0. The molecule has 1 aromatic heterocycles. The average Bonchev–Trinajstić information content (AvgIpc) is 2.25. The van der Waals surface area contributed by atoms with Crippen LogP contribution in [0.5, 0.6) is 0 Å². The number of hydrogen-bond donors (Lipinski definition) is 1. The fourth-order valence-electron chi connectivity index (χ4n) is 1.53. The summed E-state index contributed by atoms with van der Waals surface area (Å²) in [5, 5.41) is 20.2. The predicted octanol–water partition coefficient (Wildman–Crippen LogP) is 1.59. The summed E-state index contributed by atoms with van der Waals surface area (Å²) in [5.74, 6) is -0.173. The Morgan fingerprint density at radius 2 is 2.18 bits per heavy atom. The maximum Gasteiger partial charge on any atom is 0.363 e. The second-order valence-electron chi connectivity index (χ2n) is 4.46. The van der Waals surface area contributed by atoms with E-state index in [4.69, 9.17) is 0 Å². The van der Waals surface area contributed by atoms with Crippen LogP contribution in [0.15, 0.2) is 18.3 Å². The molecule has 17 heavy (non-hydrogen) atoms. The highest BCUT2D eigenvalue weighted by molar-refractivity contribution is 5.46. The number of nitro groups is 1. The fraction of sp³-hybridized carbons (Fsp3) is 0.545. The molecule has 6 heteroatoms. The molecule has 0 aliphatic carbocycles. The first-order valence-corrected chi connectivity index (χ1v) is 5.41. The third-order valence-corrected chi connectivity index (χ3v) is 2.24. The van der Waals surface area contributed by atoms with Gasteiger partial charge in [0.05, 0.1) is 11.3 Å². The maximum atomic E-state index is 10.5. The summed E-state index contributed by atoms with van der Waals surface area (Å²) in [6.07, 6.45) is 1.45. The lowest BCUT2D eigenvalue weighted by Crippen LogP contribution is -2.38. The van der Waals surface area contributed by atoms with E-state index < -0.39 is 10.5 Å². The van der Waals surface area contributed by atoms with Crippen molar-refractivity contribution in [2.45, 2.75) is 26.4 Å². The Kier molecular flexibility index (Phi) is 4.01. The van der Waals surface area contributed by atoms with Crippen molar-refractivity contribution in [2.75, 3.05) is 18.0 Å². The van der Waals surface area contributed by atoms with Gasteiger partial charge in [-0.2, -0.15) is 0 Å². The van der Waals surface area contributed by atoms with Gasteiger partial charge < -0.3 is 20.1 Å². The number of rotatable bonds is 5. The van der Waals surface area contributed by atoms with Crippen LogP contribution in [-0.2, 0) is 0 Å². The van der Waals surface area contributed by atoms with Crippen molar-refractivity contribution in [1.82, 2.24) is 4.98 Å². The van der Waals surface area contributed by atoms with Crippen molar-refractivity contribution >= 4 is 11.5 Å². The minimum atomic E-state index is -0.822. The van der Waals surface area contributed by atoms with Gasteiger partial charge in [0.1, 0.15) is 0 Å². The first-order chi connectivity index (χ1) is 7.83. The molecular weight excluding hydrogens is 222 g/mol. The summed E-state index contributed by atoms with van der Waals surface area (Å²) < 4.78 is 0. The summed E-state index contributed by atoms with van der Waals surface area (Å²) in [5.41, 5.74) is -0.0575. The number of aromatic nitrogens is 1. The Morgan fingerprint density at radius 3 is 2.53 bits per heavy atom. The maximum absolute atomic E-state index is 10.5. The van der Waals surface area contributed by atoms with E-state index in [-0.39, 0.29) is 5.82 Å². The van der Waals surface area contributed by atoms with E-state index in [2.05, 4.69) is 4.98 Å². The largest absolute Gasteiger partial charge is 0.389 e. The number of nitrogens with zero attached hydrogens (tertiary/aromatic N) is 3. The molecule has 0 fully saturated rings. The molecule has 6 nitrogen and oxygen atoms in total. The number of likely N-dealkylation sites (N-methyl/N-ethyl adjacent to an activating group) is 1. The third-order valence-electron chi connectivity index (χ3n) is 2.24. The molecule has 0 saturated heterocycles. The van der Waals surface area contributed by atoms with Gasteiger partial charge in [0.25, 0.3) is 0 Å². The minimum absolute atomic E-state index is 0.173. The van der Waals surface area contributed by atoms with Crippen molar-refractivity contribution in [1.29, 1.82) is 0 Å². The zero-order valence-corrected chi connectivity index (χ0v) is 10.3. The first kappa shape index (κ1) is 13.4. The van der Waals surface area contributed by atoms with Crippen molar-refractivity contribution in [3.63, 3.8) is 0 Å². The van der Waals surface area contributed by atoms with Gasteiger partial charge in [-0.3, -0.25) is 0 Å². The second kappa shape index (κ2) is 5.09. The number of aliphatic hydroxyl groups is 1. The lowest BCUT2D eigenvalue weighted by Gasteiger charge is -2.28. The highest BCUT2D eigenvalue weighted by Crippen LogP contribution is 2.18. The van der Waals surface area contributed by atoms with Gasteiger partial charge >= 0.3 is 5.82 Å². The topological polar surface area (TPSA) is 79.5 Å². The van der Waals surface area contributed by atoms with E-state index in [1.807, 2.05) is 11.8 Å². The smallest absolute Gasteiger partial charge is 0.363 e. The van der Waals surface area contributed by atoms with Crippen LogP contribution in [0.2, 0.25) is 0 Å². The van der Waals surface area contributed by atoms with Gasteiger partial charge in [0.15, 0.2) is 6.20 Å². The highest BCUT2D eigenvalue weighted by Gasteiger charge is 2.19. The Hall–Kier alpha value is -1.69. The van der Waals surface area contributed by atoms with Gasteiger partial charge in [-0.1, -0.05) is 0 Å². The second-order valence-corrected chi connectivity index (χ2v) is 4.46. The average molecular weight is 239 g/mol. The molecule has 0 aliphatic rings. The molecule has 0 radical (unpaired) electrons. The van der Waals surface area contributed by atoms with Crippen LogP contribution >= 0.6 is 0 Å². The van der Waals surface area contributed by atoms with E-state index in [1.165, 1.54) is 12.3 Å². The Labute approximate surface area is 100 Å². The molecule has 1 heterocycles. The zero-order valence-electron chi connectivity index (χ0n) is 10.3. The van der Waals surface area contributed by atoms with Gasteiger partial charge in [-0.05, 0) is 36.7 Å². The number of hydrogen-bond acceptors (Lipinski definition) is 5. The standard InChI is InChI=1S/C11H17N3O3/c1-4-13(8-11(2,3)15)9-5-6-10(12-7-9)14(16)17/h5-7,15H,4,8H2,1-3H3. The monoisotopic (exact) mass is 239 g/mol. The summed E-state index contributed by atoms with van der Waals surface area (Å²) in [6.45, 7) is 6.53. The molecule has 0 unspecified atom stereocenters. The first-order valence-electron chi connectivity index (χ1n) is 5.41. The molecular formula is C11H17N3O3. The Balaban J connectivity index is 2.86. The quantitative estimate of drug-likeness (QED) is 0.623. The van der Waals surface area contributed by atoms with Gasteiger partial charge in [0.2, 0.25) is 0 Å². The zero-order chi connectivity index (χ0) is 13.1. The Morgan fingerprint density at radius 1 is 1.53 bits per heavy atom. The number of pyridine rings is 1. The van der Waals surface area contributed by atoms with E-state index in [1.54, 1.807) is 19.9 Å². The highest BCUT2D eigenvalue weighted by atomic mass is 16.6. The molecule has 0 aromatic carbocycles. The Bertz CT molecular complexity index is 384. The molecule has 1 rings (SSSR count). The van der Waals surface area contributed by atoms with Gasteiger partial charge in [-0.15, -0.1) is 0 Å². The molecule has 0 spiro atoms. The SMILES string of the molecule is CCN(CC(C)(C)O)c1ccc([N+](=O)[O-])nc1. The van der Waals surface area contributed by atoms with E-state index >= 15 is 0 Å². The van der Waals surface area contributed by atoms with Crippen LogP contribution in [0.3, 0.4) is 0 Å². The molecule has 0 atom stereocenters. The molecule has 0 aliphatic heterocycles. The van der Waals surface area contributed by atoms with Crippen molar-refractivity contribution < 1.29 is 10.0 Å². The van der Waals surface area contributed by atoms with Crippen LogP contribution in [0.25, 0.3) is 0 Å². The lowest BCUT2D eigenvalue weighted by atomic mass is 10.1. The van der Waals surface area contributed by atoms with Crippen molar-refractivity contribution in [3.05, 3.63) is 28.4 Å². The summed E-state index contributed by atoms with van der Waals surface area (Å²) in [6, 6.07) is 3.00. The summed E-state index contributed by atoms with van der Waals surface area (Å²) in [4.78, 5) is 15.6. The van der Waals surface area contributed by atoms with Crippen LogP contribution in [0.1, 0.15) is 20.8 Å². The predicted molar refractivity (Wildman–Crippen MR) is 65.1 cm³/mol. The van der Waals surface area contributed by atoms with E-state index in [0.717, 1.165) is 5.69 Å². The molecule has 1 N–H and O–H groups in total. The number of anilines is 1. The fourth-order valence-corrected chi connectivity index (χ4v) is 1.53. The molecule has 0 bridgehead atoms. The van der Waals surface area contributed by atoms with E-state index in [0.29, 0.717) is 13.1 Å². The molecule has 0 saturated carbocycles. The van der Waals surface area contributed by atoms with E-state index in [9.17, 15) is 15.2 Å².